The van der Waals surface area contributed by atoms with Gasteiger partial charge in [0.1, 0.15) is 4.87 Å². The van der Waals surface area contributed by atoms with E-state index in [0.717, 1.165) is 29.6 Å². The highest BCUT2D eigenvalue weighted by Gasteiger charge is 2.53. The van der Waals surface area contributed by atoms with E-state index in [2.05, 4.69) is 25.6 Å². The summed E-state index contributed by atoms with van der Waals surface area (Å²) in [6, 6.07) is 9.76. The molecule has 2 aliphatic rings. The lowest BCUT2D eigenvalue weighted by molar-refractivity contribution is 0.0886. The Morgan fingerprint density at radius 1 is 1.24 bits per heavy atom. The number of carbonyl (C=O) groups excluding carboxylic acids is 1. The Kier molecular flexibility index (Phi) is 5.16. The Bertz CT molecular complexity index is 976. The number of aromatic nitrogens is 2. The molecule has 1 saturated heterocycles. The molecular formula is C18H16FN5O4S. The number of carbonyl (C=O) groups is 2. The van der Waals surface area contributed by atoms with Crippen LogP contribution in [0.2, 0.25) is 0 Å². The van der Waals surface area contributed by atoms with Crippen LogP contribution in [0.1, 0.15) is 16.2 Å². The molecule has 1 aromatic heterocycles. The standard InChI is InChI=1S/C18H16FN5O4S/c19-13-6-7-20-14(22-13)15(25)24-18(10-4-2-1-3-5-10)11-8-28-9-12(11)21-16(29-18)23-17(26)27/h1-7,11-12H,8-9H2,(H,21,23)(H,24,25)(H,26,27). The lowest BCUT2D eigenvalue weighted by Crippen LogP contribution is -2.56. The van der Waals surface area contributed by atoms with Crippen LogP contribution in [-0.4, -0.2) is 51.5 Å². The summed E-state index contributed by atoms with van der Waals surface area (Å²) < 4.78 is 19.1. The Morgan fingerprint density at radius 2 is 2.03 bits per heavy atom. The molecule has 1 fully saturated rings. The van der Waals surface area contributed by atoms with Crippen molar-refractivity contribution in [1.29, 1.82) is 0 Å². The Morgan fingerprint density at radius 3 is 2.76 bits per heavy atom. The molecule has 3 unspecified atom stereocenters. The van der Waals surface area contributed by atoms with Crippen molar-refractivity contribution in [3.63, 3.8) is 0 Å². The number of aliphatic imine (C=N–C) groups is 1. The number of benzene rings is 1. The van der Waals surface area contributed by atoms with Gasteiger partial charge in [0.15, 0.2) is 5.17 Å². The molecule has 3 heterocycles. The van der Waals surface area contributed by atoms with Crippen molar-refractivity contribution in [2.75, 3.05) is 13.2 Å². The zero-order chi connectivity index (χ0) is 20.4. The highest BCUT2D eigenvalue weighted by molar-refractivity contribution is 8.14. The molecule has 150 valence electrons. The van der Waals surface area contributed by atoms with Crippen LogP contribution in [-0.2, 0) is 9.61 Å². The number of hydrogen-bond acceptors (Lipinski definition) is 7. The summed E-state index contributed by atoms with van der Waals surface area (Å²) in [5.41, 5.74) is 0.717. The Labute approximate surface area is 168 Å². The van der Waals surface area contributed by atoms with Crippen molar-refractivity contribution in [2.45, 2.75) is 10.9 Å². The number of amides is 2. The molecule has 1 aromatic carbocycles. The van der Waals surface area contributed by atoms with Crippen LogP contribution >= 0.6 is 11.8 Å². The number of nitrogens with one attached hydrogen (secondary N) is 2. The van der Waals surface area contributed by atoms with Crippen LogP contribution in [0.3, 0.4) is 0 Å². The predicted molar refractivity (Wildman–Crippen MR) is 102 cm³/mol. The number of hydrogen-bond donors (Lipinski definition) is 3. The van der Waals surface area contributed by atoms with E-state index < -0.39 is 22.8 Å². The van der Waals surface area contributed by atoms with Crippen LogP contribution in [0, 0.1) is 11.9 Å². The number of halogens is 1. The first-order valence-electron chi connectivity index (χ1n) is 8.69. The minimum Gasteiger partial charge on any atom is -0.465 e. The van der Waals surface area contributed by atoms with Gasteiger partial charge in [0.2, 0.25) is 11.8 Å². The smallest absolute Gasteiger partial charge is 0.410 e. The second-order valence-corrected chi connectivity index (χ2v) is 7.67. The van der Waals surface area contributed by atoms with E-state index in [4.69, 9.17) is 9.84 Å². The average Bonchev–Trinajstić information content (AvgIpc) is 3.17. The highest BCUT2D eigenvalue weighted by Crippen LogP contribution is 2.48. The number of thioether (sulfide) groups is 1. The number of amidine groups is 1. The normalized spacial score (nSPS) is 25.6. The maximum atomic E-state index is 13.5. The summed E-state index contributed by atoms with van der Waals surface area (Å²) in [5.74, 6) is -2.13. The third kappa shape index (κ3) is 3.78. The average molecular weight is 417 g/mol. The lowest BCUT2D eigenvalue weighted by Gasteiger charge is -2.43. The van der Waals surface area contributed by atoms with Crippen LogP contribution < -0.4 is 10.6 Å². The molecule has 3 N–H and O–H groups in total. The van der Waals surface area contributed by atoms with E-state index in [9.17, 15) is 14.0 Å². The number of rotatable bonds is 3. The Balaban J connectivity index is 1.78. The summed E-state index contributed by atoms with van der Waals surface area (Å²) >= 11 is 1.06. The molecule has 9 nitrogen and oxygen atoms in total. The molecule has 0 aliphatic carbocycles. The SMILES string of the molecule is O=C(O)NC1=NC2COCC2C(NC(=O)c2nccc(F)n2)(c2ccccc2)S1. The summed E-state index contributed by atoms with van der Waals surface area (Å²) in [7, 11) is 0. The number of fused-ring (bicyclic) bond motifs is 1. The van der Waals surface area contributed by atoms with Crippen molar-refractivity contribution < 1.29 is 23.8 Å². The van der Waals surface area contributed by atoms with Crippen LogP contribution in [0.5, 0.6) is 0 Å². The molecule has 2 amide bonds. The molecule has 0 radical (unpaired) electrons. The molecule has 2 aliphatic heterocycles. The van der Waals surface area contributed by atoms with Gasteiger partial charge in [0.05, 0.1) is 19.3 Å². The van der Waals surface area contributed by atoms with E-state index in [1.807, 2.05) is 30.3 Å². The molecule has 2 aromatic rings. The van der Waals surface area contributed by atoms with Crippen molar-refractivity contribution in [1.82, 2.24) is 20.6 Å². The van der Waals surface area contributed by atoms with Gasteiger partial charge in [-0.1, -0.05) is 42.1 Å². The third-order valence-electron chi connectivity index (χ3n) is 4.65. The van der Waals surface area contributed by atoms with Gasteiger partial charge in [-0.2, -0.15) is 9.37 Å². The van der Waals surface area contributed by atoms with Gasteiger partial charge in [0, 0.05) is 18.2 Å². The summed E-state index contributed by atoms with van der Waals surface area (Å²) in [6.45, 7) is 0.595. The fourth-order valence-corrected chi connectivity index (χ4v) is 4.84. The largest absolute Gasteiger partial charge is 0.465 e. The minimum absolute atomic E-state index is 0.133. The van der Waals surface area contributed by atoms with Crippen molar-refractivity contribution >= 4 is 28.9 Å². The monoisotopic (exact) mass is 417 g/mol. The molecule has 4 rings (SSSR count). The first kappa shape index (κ1) is 19.3. The van der Waals surface area contributed by atoms with Gasteiger partial charge in [0.25, 0.3) is 5.91 Å². The Hall–Kier alpha value is -3.05. The zero-order valence-corrected chi connectivity index (χ0v) is 15.7. The second kappa shape index (κ2) is 7.76. The molecule has 0 bridgehead atoms. The zero-order valence-electron chi connectivity index (χ0n) is 14.9. The molecular weight excluding hydrogens is 401 g/mol. The van der Waals surface area contributed by atoms with E-state index in [1.165, 1.54) is 0 Å². The van der Waals surface area contributed by atoms with Crippen molar-refractivity contribution in [3.8, 4) is 0 Å². The van der Waals surface area contributed by atoms with E-state index in [1.54, 1.807) is 0 Å². The van der Waals surface area contributed by atoms with Gasteiger partial charge in [-0.05, 0) is 5.56 Å². The topological polar surface area (TPSA) is 126 Å². The van der Waals surface area contributed by atoms with E-state index in [-0.39, 0.29) is 29.6 Å². The number of nitrogens with zero attached hydrogens (tertiary/aromatic N) is 3. The van der Waals surface area contributed by atoms with Gasteiger partial charge in [-0.3, -0.25) is 15.1 Å². The summed E-state index contributed by atoms with van der Waals surface area (Å²) in [5, 5.41) is 14.5. The molecule has 0 saturated carbocycles. The fourth-order valence-electron chi connectivity index (χ4n) is 3.43. The molecule has 29 heavy (non-hydrogen) atoms. The van der Waals surface area contributed by atoms with Crippen molar-refractivity contribution in [3.05, 3.63) is 59.9 Å². The quantitative estimate of drug-likeness (QED) is 0.648. The maximum Gasteiger partial charge on any atom is 0.410 e. The van der Waals surface area contributed by atoms with Crippen LogP contribution in [0.4, 0.5) is 9.18 Å². The minimum atomic E-state index is -1.27. The number of ether oxygens (including phenoxy) is 1. The van der Waals surface area contributed by atoms with Gasteiger partial charge >= 0.3 is 6.09 Å². The summed E-state index contributed by atoms with van der Waals surface area (Å²) in [4.78, 5) is 34.8. The maximum absolute atomic E-state index is 13.5. The molecule has 11 heteroatoms. The fraction of sp³-hybridized carbons (Fsp3) is 0.278. The molecule has 0 spiro atoms. The third-order valence-corrected chi connectivity index (χ3v) is 6.02. The van der Waals surface area contributed by atoms with Crippen LogP contribution in [0.25, 0.3) is 0 Å². The first-order chi connectivity index (χ1) is 14.0. The lowest BCUT2D eigenvalue weighted by atomic mass is 9.88. The summed E-state index contributed by atoms with van der Waals surface area (Å²) in [6.07, 6.45) is -0.115. The van der Waals surface area contributed by atoms with E-state index >= 15 is 0 Å². The van der Waals surface area contributed by atoms with Gasteiger partial charge < -0.3 is 15.2 Å². The number of carboxylic acid groups (broad SMARTS) is 1. The molecule has 3 atom stereocenters. The van der Waals surface area contributed by atoms with E-state index in [0.29, 0.717) is 6.61 Å². The first-order valence-corrected chi connectivity index (χ1v) is 9.50. The van der Waals surface area contributed by atoms with Crippen molar-refractivity contribution in [2.24, 2.45) is 10.9 Å². The van der Waals surface area contributed by atoms with Gasteiger partial charge in [-0.25, -0.2) is 9.78 Å². The van der Waals surface area contributed by atoms with Crippen LogP contribution in [0.15, 0.2) is 47.6 Å². The highest BCUT2D eigenvalue weighted by atomic mass is 32.2. The predicted octanol–water partition coefficient (Wildman–Crippen LogP) is 1.58. The second-order valence-electron chi connectivity index (χ2n) is 6.44. The van der Waals surface area contributed by atoms with Gasteiger partial charge in [-0.15, -0.1) is 0 Å².